The van der Waals surface area contributed by atoms with Gasteiger partial charge in [-0.1, -0.05) is 45.0 Å². The number of urea groups is 1. The molecule has 2 aromatic carbocycles. The van der Waals surface area contributed by atoms with Gasteiger partial charge in [0, 0.05) is 35.7 Å². The highest BCUT2D eigenvalue weighted by atomic mass is 32.2. The largest absolute Gasteiger partial charge is 0.409 e. The van der Waals surface area contributed by atoms with Crippen LogP contribution in [0.3, 0.4) is 0 Å². The molecule has 0 radical (unpaired) electrons. The minimum Gasteiger partial charge on any atom is -0.409 e. The summed E-state index contributed by atoms with van der Waals surface area (Å²) in [6.45, 7) is 13.0. The zero-order valence-electron chi connectivity index (χ0n) is 25.8. The molecule has 0 unspecified atom stereocenters. The number of hydrogen-bond acceptors (Lipinski definition) is 6. The number of thioether (sulfide) groups is 1. The summed E-state index contributed by atoms with van der Waals surface area (Å²) in [5, 5.41) is 9.53. The third-order valence-corrected chi connectivity index (χ3v) is 14.7. The fourth-order valence-electron chi connectivity index (χ4n) is 5.97. The number of rotatable bonds is 8. The Morgan fingerprint density at radius 3 is 2.69 bits per heavy atom. The molecular weight excluding hydrogens is 565 g/mol. The van der Waals surface area contributed by atoms with Crippen LogP contribution in [-0.2, 0) is 20.5 Å². The van der Waals surface area contributed by atoms with Crippen molar-refractivity contribution in [1.29, 1.82) is 0 Å². The van der Waals surface area contributed by atoms with Crippen LogP contribution in [0.2, 0.25) is 18.1 Å². The van der Waals surface area contributed by atoms with E-state index in [0.29, 0.717) is 19.7 Å². The lowest BCUT2D eigenvalue weighted by atomic mass is 9.89. The Morgan fingerprint density at radius 2 is 1.93 bits per heavy atom. The fraction of sp³-hybridized carbons (Fsp3) is 0.562. The molecule has 42 heavy (non-hydrogen) atoms. The molecule has 4 atom stereocenters. The first-order valence-electron chi connectivity index (χ1n) is 15.1. The number of likely N-dealkylation sites (tertiary alicyclic amines) is 1. The normalized spacial score (nSPS) is 23.6. The molecule has 3 aliphatic rings. The lowest BCUT2D eigenvalue weighted by molar-refractivity contribution is -0.131. The summed E-state index contributed by atoms with van der Waals surface area (Å²) in [5.41, 5.74) is 4.38. The van der Waals surface area contributed by atoms with E-state index < -0.39 is 8.32 Å². The van der Waals surface area contributed by atoms with E-state index in [1.165, 1.54) is 10.5 Å². The Kier molecular flexibility index (Phi) is 9.27. The number of fused-ring (bicyclic) bond motifs is 4. The van der Waals surface area contributed by atoms with Gasteiger partial charge in [0.2, 0.25) is 5.91 Å². The molecule has 3 heterocycles. The van der Waals surface area contributed by atoms with Crippen molar-refractivity contribution in [2.45, 2.75) is 93.9 Å². The Bertz CT molecular complexity index is 1300. The highest BCUT2D eigenvalue weighted by Crippen LogP contribution is 2.43. The monoisotopic (exact) mass is 610 g/mol. The first-order chi connectivity index (χ1) is 20.0. The molecule has 2 fully saturated rings. The highest BCUT2D eigenvalue weighted by Gasteiger charge is 2.44. The van der Waals surface area contributed by atoms with Gasteiger partial charge in [0.25, 0.3) is 0 Å². The van der Waals surface area contributed by atoms with E-state index in [-0.39, 0.29) is 47.8 Å². The predicted octanol–water partition coefficient (Wildman–Crippen LogP) is 6.22. The molecule has 2 aromatic rings. The van der Waals surface area contributed by atoms with Crippen LogP contribution in [0.1, 0.15) is 68.9 Å². The van der Waals surface area contributed by atoms with Crippen LogP contribution in [0.4, 0.5) is 10.5 Å². The second-order valence-electron chi connectivity index (χ2n) is 13.2. The van der Waals surface area contributed by atoms with Gasteiger partial charge in [-0.05, 0) is 66.6 Å². The molecular formula is C32H46N4O4SSi. The molecule has 3 amide bonds. The number of carbonyl (C=O) groups is 2. The van der Waals surface area contributed by atoms with Gasteiger partial charge in [-0.15, -0.1) is 11.8 Å². The SMILES string of the molecule is CSc1ccccc1[C@@H]1CCCN1C(=O)CNC(=O)NCc1ccc2c(c1)[C@H]1C[C@@H](N2)[C@H](O[Si](C)(C)C(C)(C)C)CO1. The van der Waals surface area contributed by atoms with Gasteiger partial charge in [0.05, 0.1) is 37.4 Å². The van der Waals surface area contributed by atoms with Gasteiger partial charge in [0.15, 0.2) is 8.32 Å². The van der Waals surface area contributed by atoms with E-state index in [2.05, 4.69) is 80.3 Å². The third kappa shape index (κ3) is 6.66. The number of amides is 3. The number of anilines is 1. The molecule has 3 aliphatic heterocycles. The van der Waals surface area contributed by atoms with Crippen LogP contribution < -0.4 is 16.0 Å². The number of benzene rings is 2. The second-order valence-corrected chi connectivity index (χ2v) is 18.8. The van der Waals surface area contributed by atoms with Crippen molar-refractivity contribution in [3.05, 3.63) is 59.2 Å². The molecule has 8 nitrogen and oxygen atoms in total. The van der Waals surface area contributed by atoms with Gasteiger partial charge in [-0.25, -0.2) is 4.79 Å². The van der Waals surface area contributed by atoms with Gasteiger partial charge < -0.3 is 30.0 Å². The highest BCUT2D eigenvalue weighted by molar-refractivity contribution is 7.98. The number of nitrogens with one attached hydrogen (secondary N) is 3. The van der Waals surface area contributed by atoms with E-state index in [4.69, 9.17) is 9.16 Å². The van der Waals surface area contributed by atoms with Gasteiger partial charge in [-0.3, -0.25) is 4.79 Å². The van der Waals surface area contributed by atoms with Gasteiger partial charge in [0.1, 0.15) is 0 Å². The average molecular weight is 611 g/mol. The van der Waals surface area contributed by atoms with Crippen molar-refractivity contribution in [1.82, 2.24) is 15.5 Å². The quantitative estimate of drug-likeness (QED) is 0.243. The second kappa shape index (κ2) is 12.6. The predicted molar refractivity (Wildman–Crippen MR) is 171 cm³/mol. The molecule has 0 aliphatic carbocycles. The summed E-state index contributed by atoms with van der Waals surface area (Å²) in [6, 6.07) is 14.4. The van der Waals surface area contributed by atoms with E-state index in [0.717, 1.165) is 36.1 Å². The Labute approximate surface area is 255 Å². The first kappa shape index (κ1) is 30.9. The van der Waals surface area contributed by atoms with Crippen LogP contribution in [0.25, 0.3) is 0 Å². The average Bonchev–Trinajstić information content (AvgIpc) is 3.45. The molecule has 3 N–H and O–H groups in total. The minimum absolute atomic E-state index is 0.0153. The number of nitrogens with zero attached hydrogens (tertiary/aromatic N) is 1. The van der Waals surface area contributed by atoms with Crippen molar-refractivity contribution in [2.75, 3.05) is 31.3 Å². The van der Waals surface area contributed by atoms with Crippen molar-refractivity contribution in [3.8, 4) is 0 Å². The smallest absolute Gasteiger partial charge is 0.315 e. The summed E-state index contributed by atoms with van der Waals surface area (Å²) in [7, 11) is -1.91. The summed E-state index contributed by atoms with van der Waals surface area (Å²) < 4.78 is 13.0. The van der Waals surface area contributed by atoms with Crippen molar-refractivity contribution in [3.63, 3.8) is 0 Å². The lowest BCUT2D eigenvalue weighted by Gasteiger charge is -2.47. The molecule has 0 saturated carbocycles. The van der Waals surface area contributed by atoms with Crippen LogP contribution >= 0.6 is 11.8 Å². The van der Waals surface area contributed by atoms with E-state index in [1.807, 2.05) is 23.1 Å². The Morgan fingerprint density at radius 1 is 1.14 bits per heavy atom. The molecule has 2 saturated heterocycles. The fourth-order valence-corrected chi connectivity index (χ4v) is 7.97. The summed E-state index contributed by atoms with van der Waals surface area (Å²) in [4.78, 5) is 28.8. The topological polar surface area (TPSA) is 91.9 Å². The zero-order chi connectivity index (χ0) is 30.1. The molecule has 2 bridgehead atoms. The Balaban J connectivity index is 1.13. The minimum atomic E-state index is -1.91. The zero-order valence-corrected chi connectivity index (χ0v) is 27.6. The maximum atomic E-state index is 13.1. The van der Waals surface area contributed by atoms with Crippen LogP contribution in [0, 0.1) is 0 Å². The van der Waals surface area contributed by atoms with E-state index in [9.17, 15) is 9.59 Å². The number of hydrogen-bond donors (Lipinski definition) is 3. The molecule has 0 spiro atoms. The maximum Gasteiger partial charge on any atom is 0.315 e. The molecule has 0 aromatic heterocycles. The van der Waals surface area contributed by atoms with Crippen molar-refractivity contribution in [2.24, 2.45) is 0 Å². The van der Waals surface area contributed by atoms with E-state index >= 15 is 0 Å². The van der Waals surface area contributed by atoms with Crippen molar-refractivity contribution >= 4 is 37.7 Å². The van der Waals surface area contributed by atoms with Crippen LogP contribution in [0.15, 0.2) is 47.4 Å². The summed E-state index contributed by atoms with van der Waals surface area (Å²) in [6.07, 6.45) is 4.89. The molecule has 5 rings (SSSR count). The third-order valence-electron chi connectivity index (χ3n) is 9.36. The maximum absolute atomic E-state index is 13.1. The number of ether oxygens (including phenoxy) is 1. The van der Waals surface area contributed by atoms with Crippen LogP contribution in [-0.4, -0.2) is 63.3 Å². The summed E-state index contributed by atoms with van der Waals surface area (Å²) in [5.74, 6) is -0.0525. The van der Waals surface area contributed by atoms with Crippen molar-refractivity contribution < 1.29 is 18.8 Å². The standard InChI is InChI=1S/C32H46N4O4SSi/c1-32(2,3)42(5,6)40-28-20-39-27-17-25(28)35-24-14-13-21(16-23(24)27)18-33-31(38)34-19-30(37)36-15-9-11-26(36)22-10-7-8-12-29(22)41-4/h7-8,10,12-14,16,25-28,35H,9,11,15,17-20H2,1-6H3,(H2,33,34,38)/t25-,26+,27-,28-/m1/s1. The van der Waals surface area contributed by atoms with Gasteiger partial charge >= 0.3 is 6.03 Å². The first-order valence-corrected chi connectivity index (χ1v) is 19.2. The van der Waals surface area contributed by atoms with E-state index in [1.54, 1.807) is 11.8 Å². The number of carbonyl (C=O) groups excluding carboxylic acids is 2. The molecule has 228 valence electrons. The van der Waals surface area contributed by atoms with Crippen LogP contribution in [0.5, 0.6) is 0 Å². The molecule has 10 heteroatoms. The Hall–Kier alpha value is -2.53. The van der Waals surface area contributed by atoms with Gasteiger partial charge in [-0.2, -0.15) is 0 Å². The lowest BCUT2D eigenvalue weighted by Crippen LogP contribution is -2.54. The summed E-state index contributed by atoms with van der Waals surface area (Å²) >= 11 is 1.70.